The summed E-state index contributed by atoms with van der Waals surface area (Å²) >= 11 is 5.83. The Labute approximate surface area is 124 Å². The molecule has 0 bridgehead atoms. The summed E-state index contributed by atoms with van der Waals surface area (Å²) in [5.74, 6) is -0.149. The van der Waals surface area contributed by atoms with Crippen LogP contribution in [0.25, 0.3) is 0 Å². The Morgan fingerprint density at radius 1 is 1.30 bits per heavy atom. The Bertz CT molecular complexity index is 483. The fourth-order valence-electron chi connectivity index (χ4n) is 1.94. The van der Waals surface area contributed by atoms with Crippen molar-refractivity contribution in [3.05, 3.63) is 34.9 Å². The standard InChI is InChI=1S/C15H19ClN2O2/c1-11(19)18(10-15(20)17-14-6-7-14)9-8-12-2-4-13(16)5-3-12/h2-5,14H,6-10H2,1H3,(H,17,20). The number of nitrogens with zero attached hydrogens (tertiary/aromatic N) is 1. The highest BCUT2D eigenvalue weighted by atomic mass is 35.5. The summed E-state index contributed by atoms with van der Waals surface area (Å²) in [6.07, 6.45) is 2.82. The summed E-state index contributed by atoms with van der Waals surface area (Å²) in [6, 6.07) is 7.85. The van der Waals surface area contributed by atoms with Gasteiger partial charge in [-0.2, -0.15) is 0 Å². The topological polar surface area (TPSA) is 49.4 Å². The minimum Gasteiger partial charge on any atom is -0.352 e. The van der Waals surface area contributed by atoms with Gasteiger partial charge >= 0.3 is 0 Å². The van der Waals surface area contributed by atoms with Gasteiger partial charge in [-0.1, -0.05) is 23.7 Å². The van der Waals surface area contributed by atoms with Crippen molar-refractivity contribution in [1.29, 1.82) is 0 Å². The molecule has 4 nitrogen and oxygen atoms in total. The molecule has 1 aromatic carbocycles. The van der Waals surface area contributed by atoms with E-state index in [0.717, 1.165) is 18.4 Å². The third kappa shape index (κ3) is 4.85. The van der Waals surface area contributed by atoms with Crippen molar-refractivity contribution in [3.8, 4) is 0 Å². The van der Waals surface area contributed by atoms with Crippen LogP contribution in [-0.2, 0) is 16.0 Å². The van der Waals surface area contributed by atoms with Crippen LogP contribution in [0.3, 0.4) is 0 Å². The van der Waals surface area contributed by atoms with Gasteiger partial charge in [0.05, 0.1) is 6.54 Å². The van der Waals surface area contributed by atoms with Gasteiger partial charge < -0.3 is 10.2 Å². The number of carbonyl (C=O) groups is 2. The van der Waals surface area contributed by atoms with Gasteiger partial charge in [-0.3, -0.25) is 9.59 Å². The van der Waals surface area contributed by atoms with Crippen molar-refractivity contribution < 1.29 is 9.59 Å². The fourth-order valence-corrected chi connectivity index (χ4v) is 2.06. The Balaban J connectivity index is 1.83. The van der Waals surface area contributed by atoms with E-state index in [0.29, 0.717) is 24.0 Å². The first kappa shape index (κ1) is 14.9. The zero-order chi connectivity index (χ0) is 14.5. The summed E-state index contributed by atoms with van der Waals surface area (Å²) in [4.78, 5) is 24.9. The molecule has 1 saturated carbocycles. The third-order valence-electron chi connectivity index (χ3n) is 3.31. The number of nitrogens with one attached hydrogen (secondary N) is 1. The van der Waals surface area contributed by atoms with Gasteiger partial charge in [-0.25, -0.2) is 0 Å². The lowest BCUT2D eigenvalue weighted by Crippen LogP contribution is -2.41. The lowest BCUT2D eigenvalue weighted by atomic mass is 10.1. The van der Waals surface area contributed by atoms with Crippen LogP contribution >= 0.6 is 11.6 Å². The van der Waals surface area contributed by atoms with E-state index in [1.54, 1.807) is 4.90 Å². The van der Waals surface area contributed by atoms with Crippen LogP contribution in [0.5, 0.6) is 0 Å². The molecule has 0 aromatic heterocycles. The van der Waals surface area contributed by atoms with Crippen molar-refractivity contribution in [2.24, 2.45) is 0 Å². The summed E-state index contributed by atoms with van der Waals surface area (Å²) in [5, 5.41) is 3.59. The molecule has 0 unspecified atom stereocenters. The Morgan fingerprint density at radius 2 is 1.95 bits per heavy atom. The molecular formula is C15H19ClN2O2. The minimum atomic E-state index is -0.0788. The average molecular weight is 295 g/mol. The van der Waals surface area contributed by atoms with Crippen molar-refractivity contribution in [2.45, 2.75) is 32.2 Å². The zero-order valence-corrected chi connectivity index (χ0v) is 12.3. The summed E-state index contributed by atoms with van der Waals surface area (Å²) in [7, 11) is 0. The van der Waals surface area contributed by atoms with E-state index >= 15 is 0 Å². The van der Waals surface area contributed by atoms with E-state index in [1.165, 1.54) is 6.92 Å². The third-order valence-corrected chi connectivity index (χ3v) is 3.56. The van der Waals surface area contributed by atoms with Crippen LogP contribution < -0.4 is 5.32 Å². The van der Waals surface area contributed by atoms with E-state index in [-0.39, 0.29) is 18.4 Å². The largest absolute Gasteiger partial charge is 0.352 e. The van der Waals surface area contributed by atoms with Gasteiger partial charge in [0.1, 0.15) is 0 Å². The first-order valence-corrected chi connectivity index (χ1v) is 7.21. The predicted molar refractivity (Wildman–Crippen MR) is 78.6 cm³/mol. The van der Waals surface area contributed by atoms with Gasteiger partial charge in [-0.15, -0.1) is 0 Å². The van der Waals surface area contributed by atoms with Crippen LogP contribution in [0, 0.1) is 0 Å². The van der Waals surface area contributed by atoms with Gasteiger partial charge in [0.25, 0.3) is 0 Å². The number of rotatable bonds is 6. The first-order valence-electron chi connectivity index (χ1n) is 6.84. The zero-order valence-electron chi connectivity index (χ0n) is 11.6. The van der Waals surface area contributed by atoms with Crippen LogP contribution in [0.4, 0.5) is 0 Å². The molecule has 1 N–H and O–H groups in total. The molecule has 1 aliphatic carbocycles. The Kier molecular flexibility index (Phi) is 5.01. The molecule has 0 spiro atoms. The van der Waals surface area contributed by atoms with Crippen LogP contribution in [0.15, 0.2) is 24.3 Å². The second-order valence-electron chi connectivity index (χ2n) is 5.16. The second-order valence-corrected chi connectivity index (χ2v) is 5.60. The van der Waals surface area contributed by atoms with Crippen molar-refractivity contribution in [1.82, 2.24) is 10.2 Å². The van der Waals surface area contributed by atoms with E-state index < -0.39 is 0 Å². The number of amides is 2. The van der Waals surface area contributed by atoms with Gasteiger partial charge in [0.15, 0.2) is 0 Å². The molecule has 0 radical (unpaired) electrons. The lowest BCUT2D eigenvalue weighted by Gasteiger charge is -2.20. The Morgan fingerprint density at radius 3 is 2.50 bits per heavy atom. The smallest absolute Gasteiger partial charge is 0.239 e. The highest BCUT2D eigenvalue weighted by molar-refractivity contribution is 6.30. The number of halogens is 1. The first-order chi connectivity index (χ1) is 9.54. The van der Waals surface area contributed by atoms with E-state index in [2.05, 4.69) is 5.32 Å². The molecule has 0 saturated heterocycles. The van der Waals surface area contributed by atoms with E-state index in [4.69, 9.17) is 11.6 Å². The second kappa shape index (κ2) is 6.75. The monoisotopic (exact) mass is 294 g/mol. The predicted octanol–water partition coefficient (Wildman–Crippen LogP) is 2.01. The molecule has 5 heteroatoms. The number of carbonyl (C=O) groups excluding carboxylic acids is 2. The molecule has 1 fully saturated rings. The SMILES string of the molecule is CC(=O)N(CCc1ccc(Cl)cc1)CC(=O)NC1CC1. The van der Waals surface area contributed by atoms with E-state index in [1.807, 2.05) is 24.3 Å². The molecule has 0 heterocycles. The molecule has 20 heavy (non-hydrogen) atoms. The van der Waals surface area contributed by atoms with Crippen LogP contribution in [0.1, 0.15) is 25.3 Å². The fraction of sp³-hybridized carbons (Fsp3) is 0.467. The van der Waals surface area contributed by atoms with Crippen molar-refractivity contribution in [2.75, 3.05) is 13.1 Å². The van der Waals surface area contributed by atoms with E-state index in [9.17, 15) is 9.59 Å². The highest BCUT2D eigenvalue weighted by Crippen LogP contribution is 2.18. The maximum absolute atomic E-state index is 11.7. The van der Waals surface area contributed by atoms with Crippen molar-refractivity contribution >= 4 is 23.4 Å². The van der Waals surface area contributed by atoms with Gasteiger partial charge in [-0.05, 0) is 37.0 Å². The molecule has 0 atom stereocenters. The molecule has 1 aromatic rings. The summed E-state index contributed by atoms with van der Waals surface area (Å²) < 4.78 is 0. The summed E-state index contributed by atoms with van der Waals surface area (Å²) in [6.45, 7) is 2.17. The molecule has 0 aliphatic heterocycles. The maximum atomic E-state index is 11.7. The average Bonchev–Trinajstić information content (AvgIpc) is 3.20. The number of hydrogen-bond donors (Lipinski definition) is 1. The Hall–Kier alpha value is -1.55. The van der Waals surface area contributed by atoms with Crippen LogP contribution in [-0.4, -0.2) is 35.8 Å². The van der Waals surface area contributed by atoms with Gasteiger partial charge in [0, 0.05) is 24.5 Å². The molecule has 2 amide bonds. The van der Waals surface area contributed by atoms with Gasteiger partial charge in [0.2, 0.25) is 11.8 Å². The molecule has 1 aliphatic rings. The van der Waals surface area contributed by atoms with Crippen molar-refractivity contribution in [3.63, 3.8) is 0 Å². The minimum absolute atomic E-state index is 0.0705. The molecule has 2 rings (SSSR count). The molecule has 108 valence electrons. The normalized spacial score (nSPS) is 13.9. The quantitative estimate of drug-likeness (QED) is 0.872. The number of hydrogen-bond acceptors (Lipinski definition) is 2. The highest BCUT2D eigenvalue weighted by Gasteiger charge is 2.24. The molecular weight excluding hydrogens is 276 g/mol. The number of benzene rings is 1. The summed E-state index contributed by atoms with van der Waals surface area (Å²) in [5.41, 5.74) is 1.10. The lowest BCUT2D eigenvalue weighted by molar-refractivity contribution is -0.134. The maximum Gasteiger partial charge on any atom is 0.239 e. The van der Waals surface area contributed by atoms with Crippen LogP contribution in [0.2, 0.25) is 5.02 Å².